The first kappa shape index (κ1) is 15.7. The lowest BCUT2D eigenvalue weighted by molar-refractivity contribution is 0.0697. The average molecular weight is 314 g/mol. The highest BCUT2D eigenvalue weighted by atomic mass is 32.2. The zero-order chi connectivity index (χ0) is 15.6. The van der Waals surface area contributed by atoms with Crippen molar-refractivity contribution in [3.63, 3.8) is 0 Å². The number of nitrogens with one attached hydrogen (secondary N) is 1. The molecule has 8 heteroatoms. The van der Waals surface area contributed by atoms with Gasteiger partial charge in [-0.25, -0.2) is 17.9 Å². The molecule has 1 aromatic carbocycles. The number of anilines is 1. The molecule has 5 N–H and O–H groups in total. The zero-order valence-corrected chi connectivity index (χ0v) is 12.1. The molecular weight excluding hydrogens is 296 g/mol. The molecule has 1 fully saturated rings. The summed E-state index contributed by atoms with van der Waals surface area (Å²) in [7, 11) is -3.84. The average Bonchev–Trinajstić information content (AvgIpc) is 2.84. The Bertz CT molecular complexity index is 644. The van der Waals surface area contributed by atoms with Crippen molar-refractivity contribution in [2.45, 2.75) is 30.2 Å². The van der Waals surface area contributed by atoms with Crippen LogP contribution in [0.2, 0.25) is 0 Å². The first-order valence-electron chi connectivity index (χ1n) is 6.61. The van der Waals surface area contributed by atoms with Gasteiger partial charge in [-0.3, -0.25) is 0 Å². The Morgan fingerprint density at radius 1 is 1.38 bits per heavy atom. The van der Waals surface area contributed by atoms with E-state index < -0.39 is 16.0 Å². The molecule has 2 rings (SSSR count). The Kier molecular flexibility index (Phi) is 4.50. The highest BCUT2D eigenvalue weighted by molar-refractivity contribution is 7.89. The van der Waals surface area contributed by atoms with E-state index in [1.165, 1.54) is 12.1 Å². The molecule has 1 aromatic rings. The number of sulfonamides is 1. The Hall–Kier alpha value is -1.64. The second kappa shape index (κ2) is 6.00. The van der Waals surface area contributed by atoms with E-state index in [0.717, 1.165) is 18.9 Å². The summed E-state index contributed by atoms with van der Waals surface area (Å²) in [5.41, 5.74) is 5.48. The van der Waals surface area contributed by atoms with Crippen LogP contribution in [0.1, 0.15) is 29.6 Å². The molecule has 0 bridgehead atoms. The van der Waals surface area contributed by atoms with Crippen molar-refractivity contribution in [3.05, 3.63) is 23.8 Å². The fourth-order valence-corrected chi connectivity index (χ4v) is 4.05. The van der Waals surface area contributed by atoms with Crippen molar-refractivity contribution in [2.24, 2.45) is 5.92 Å². The van der Waals surface area contributed by atoms with Gasteiger partial charge < -0.3 is 15.9 Å². The van der Waals surface area contributed by atoms with Crippen LogP contribution in [0.5, 0.6) is 0 Å². The molecule has 0 heterocycles. The van der Waals surface area contributed by atoms with Crippen LogP contribution in [-0.2, 0) is 10.0 Å². The third-order valence-corrected chi connectivity index (χ3v) is 5.31. The van der Waals surface area contributed by atoms with Crippen LogP contribution in [0.3, 0.4) is 0 Å². The van der Waals surface area contributed by atoms with Crippen LogP contribution < -0.4 is 10.5 Å². The molecule has 2 atom stereocenters. The van der Waals surface area contributed by atoms with Crippen molar-refractivity contribution >= 4 is 21.7 Å². The highest BCUT2D eigenvalue weighted by Crippen LogP contribution is 2.28. The summed E-state index contributed by atoms with van der Waals surface area (Å²) in [6.45, 7) is -0.0688. The maximum absolute atomic E-state index is 12.3. The minimum atomic E-state index is -3.84. The molecule has 116 valence electrons. The molecule has 21 heavy (non-hydrogen) atoms. The number of rotatable bonds is 5. The van der Waals surface area contributed by atoms with Gasteiger partial charge in [0.1, 0.15) is 4.90 Å². The van der Waals surface area contributed by atoms with E-state index in [1.807, 2.05) is 0 Å². The van der Waals surface area contributed by atoms with Gasteiger partial charge in [-0.1, -0.05) is 6.42 Å². The molecule has 1 aliphatic rings. The first-order chi connectivity index (χ1) is 9.85. The zero-order valence-electron chi connectivity index (χ0n) is 11.3. The topological polar surface area (TPSA) is 130 Å². The molecule has 0 radical (unpaired) electrons. The van der Waals surface area contributed by atoms with Crippen LogP contribution in [-0.4, -0.2) is 37.2 Å². The predicted octanol–water partition coefficient (Wildman–Crippen LogP) is 0.406. The number of aromatic carboxylic acids is 1. The minimum absolute atomic E-state index is 0.0688. The van der Waals surface area contributed by atoms with Gasteiger partial charge in [-0.05, 0) is 37.0 Å². The van der Waals surface area contributed by atoms with Crippen LogP contribution in [0.4, 0.5) is 5.69 Å². The summed E-state index contributed by atoms with van der Waals surface area (Å²) < 4.78 is 27.2. The number of carboxylic acids is 1. The van der Waals surface area contributed by atoms with E-state index in [9.17, 15) is 18.3 Å². The van der Waals surface area contributed by atoms with Crippen molar-refractivity contribution < 1.29 is 23.4 Å². The molecule has 0 saturated heterocycles. The number of hydrogen-bond acceptors (Lipinski definition) is 5. The number of nitrogen functional groups attached to an aromatic ring is 1. The standard InChI is InChI=1S/C13H18N2O5S/c14-10-6-8(13(17)18)4-5-12(10)21(19,20)15-11-3-1-2-9(11)7-16/h4-6,9,11,15-16H,1-3,7,14H2,(H,17,18). The summed E-state index contributed by atoms with van der Waals surface area (Å²) >= 11 is 0. The van der Waals surface area contributed by atoms with Crippen LogP contribution in [0.15, 0.2) is 23.1 Å². The Morgan fingerprint density at radius 3 is 2.67 bits per heavy atom. The Labute approximate surface area is 122 Å². The number of carbonyl (C=O) groups is 1. The Morgan fingerprint density at radius 2 is 2.10 bits per heavy atom. The molecule has 7 nitrogen and oxygen atoms in total. The minimum Gasteiger partial charge on any atom is -0.478 e. The van der Waals surface area contributed by atoms with E-state index in [4.69, 9.17) is 10.8 Å². The second-order valence-electron chi connectivity index (χ2n) is 5.16. The first-order valence-corrected chi connectivity index (χ1v) is 8.09. The van der Waals surface area contributed by atoms with E-state index in [-0.39, 0.29) is 34.7 Å². The fraction of sp³-hybridized carbons (Fsp3) is 0.462. The number of benzene rings is 1. The molecule has 0 aromatic heterocycles. The summed E-state index contributed by atoms with van der Waals surface area (Å²) in [5.74, 6) is -1.27. The highest BCUT2D eigenvalue weighted by Gasteiger charge is 2.31. The summed E-state index contributed by atoms with van der Waals surface area (Å²) in [5, 5.41) is 18.1. The number of nitrogens with two attached hydrogens (primary N) is 1. The van der Waals surface area contributed by atoms with Gasteiger partial charge in [0.2, 0.25) is 10.0 Å². The normalized spacial score (nSPS) is 22.3. The quantitative estimate of drug-likeness (QED) is 0.582. The lowest BCUT2D eigenvalue weighted by atomic mass is 10.1. The number of aliphatic hydroxyl groups is 1. The van der Waals surface area contributed by atoms with Gasteiger partial charge in [0.05, 0.1) is 11.3 Å². The van der Waals surface area contributed by atoms with Gasteiger partial charge in [0.15, 0.2) is 0 Å². The SMILES string of the molecule is Nc1cc(C(=O)O)ccc1S(=O)(=O)NC1CCCC1CO. The van der Waals surface area contributed by atoms with E-state index >= 15 is 0 Å². The summed E-state index contributed by atoms with van der Waals surface area (Å²) in [6, 6.07) is 3.18. The van der Waals surface area contributed by atoms with Crippen LogP contribution >= 0.6 is 0 Å². The van der Waals surface area contributed by atoms with E-state index in [0.29, 0.717) is 6.42 Å². The predicted molar refractivity (Wildman–Crippen MR) is 76.4 cm³/mol. The largest absolute Gasteiger partial charge is 0.478 e. The maximum Gasteiger partial charge on any atom is 0.335 e. The monoisotopic (exact) mass is 314 g/mol. The molecular formula is C13H18N2O5S. The number of hydrogen-bond donors (Lipinski definition) is 4. The van der Waals surface area contributed by atoms with Gasteiger partial charge in [-0.15, -0.1) is 0 Å². The lowest BCUT2D eigenvalue weighted by Crippen LogP contribution is -2.38. The van der Waals surface area contributed by atoms with Crippen molar-refractivity contribution in [1.82, 2.24) is 4.72 Å². The van der Waals surface area contributed by atoms with Gasteiger partial charge in [-0.2, -0.15) is 0 Å². The molecule has 2 unspecified atom stereocenters. The smallest absolute Gasteiger partial charge is 0.335 e. The lowest BCUT2D eigenvalue weighted by Gasteiger charge is -2.19. The molecule has 1 aliphatic carbocycles. The summed E-state index contributed by atoms with van der Waals surface area (Å²) in [4.78, 5) is 10.7. The number of aliphatic hydroxyl groups excluding tert-OH is 1. The maximum atomic E-state index is 12.3. The molecule has 1 saturated carbocycles. The van der Waals surface area contributed by atoms with Gasteiger partial charge in [0.25, 0.3) is 0 Å². The number of carboxylic acid groups (broad SMARTS) is 1. The Balaban J connectivity index is 2.25. The fourth-order valence-electron chi connectivity index (χ4n) is 2.60. The van der Waals surface area contributed by atoms with Crippen molar-refractivity contribution in [3.8, 4) is 0 Å². The van der Waals surface area contributed by atoms with Crippen LogP contribution in [0, 0.1) is 5.92 Å². The summed E-state index contributed by atoms with van der Waals surface area (Å²) in [6.07, 6.45) is 2.29. The van der Waals surface area contributed by atoms with Gasteiger partial charge in [0, 0.05) is 12.6 Å². The van der Waals surface area contributed by atoms with Crippen molar-refractivity contribution in [2.75, 3.05) is 12.3 Å². The third kappa shape index (κ3) is 3.34. The van der Waals surface area contributed by atoms with Crippen molar-refractivity contribution in [1.29, 1.82) is 0 Å². The molecule has 0 aliphatic heterocycles. The molecule has 0 spiro atoms. The van der Waals surface area contributed by atoms with E-state index in [2.05, 4.69) is 4.72 Å². The molecule has 0 amide bonds. The van der Waals surface area contributed by atoms with Gasteiger partial charge >= 0.3 is 5.97 Å². The van der Waals surface area contributed by atoms with E-state index in [1.54, 1.807) is 0 Å². The third-order valence-electron chi connectivity index (χ3n) is 3.75. The van der Waals surface area contributed by atoms with Crippen LogP contribution in [0.25, 0.3) is 0 Å². The second-order valence-corrected chi connectivity index (χ2v) is 6.84.